The van der Waals surface area contributed by atoms with Gasteiger partial charge in [-0.3, -0.25) is 4.79 Å². The number of rotatable bonds is 3. The van der Waals surface area contributed by atoms with Gasteiger partial charge in [0.2, 0.25) is 0 Å². The molecule has 0 aliphatic heterocycles. The number of hydrogen-bond acceptors (Lipinski definition) is 2. The highest BCUT2D eigenvalue weighted by molar-refractivity contribution is 9.10. The van der Waals surface area contributed by atoms with Gasteiger partial charge in [-0.15, -0.1) is 0 Å². The van der Waals surface area contributed by atoms with E-state index in [1.165, 1.54) is 0 Å². The first kappa shape index (κ1) is 12.4. The Morgan fingerprint density at radius 3 is 2.84 bits per heavy atom. The Morgan fingerprint density at radius 2 is 2.16 bits per heavy atom. The highest BCUT2D eigenvalue weighted by Crippen LogP contribution is 2.49. The highest BCUT2D eigenvalue weighted by atomic mass is 79.9. The van der Waals surface area contributed by atoms with Crippen molar-refractivity contribution in [1.82, 2.24) is 4.57 Å². The van der Waals surface area contributed by atoms with Gasteiger partial charge in [-0.25, -0.2) is 0 Å². The molecular weight excluding hydrogens is 304 g/mol. The number of halogens is 1. The van der Waals surface area contributed by atoms with E-state index in [1.807, 2.05) is 30.5 Å². The first-order chi connectivity index (χ1) is 9.13. The van der Waals surface area contributed by atoms with Crippen molar-refractivity contribution in [2.24, 2.45) is 5.41 Å². The summed E-state index contributed by atoms with van der Waals surface area (Å²) >= 11 is 3.40. The van der Waals surface area contributed by atoms with Crippen LogP contribution in [-0.2, 0) is 6.54 Å². The van der Waals surface area contributed by atoms with Gasteiger partial charge in [0, 0.05) is 34.4 Å². The molecule has 0 radical (unpaired) electrons. The van der Waals surface area contributed by atoms with Crippen LogP contribution < -0.4 is 5.56 Å². The van der Waals surface area contributed by atoms with Crippen LogP contribution in [0, 0.1) is 16.7 Å². The quantitative estimate of drug-likeness (QED) is 0.870. The molecule has 96 valence electrons. The predicted octanol–water partition coefficient (Wildman–Crippen LogP) is 3.46. The largest absolute Gasteiger partial charge is 0.314 e. The molecule has 1 heterocycles. The fourth-order valence-corrected chi connectivity index (χ4v) is 2.83. The van der Waals surface area contributed by atoms with Crippen molar-refractivity contribution >= 4 is 26.7 Å². The van der Waals surface area contributed by atoms with E-state index in [-0.39, 0.29) is 11.0 Å². The van der Waals surface area contributed by atoms with Crippen LogP contribution in [0.1, 0.15) is 19.3 Å². The molecule has 1 aromatic carbocycles. The first-order valence-corrected chi connectivity index (χ1v) is 7.09. The lowest BCUT2D eigenvalue weighted by Crippen LogP contribution is -2.24. The maximum atomic E-state index is 12.4. The Kier molecular flexibility index (Phi) is 2.94. The van der Waals surface area contributed by atoms with E-state index in [9.17, 15) is 4.79 Å². The number of hydrogen-bond donors (Lipinski definition) is 0. The molecule has 0 saturated heterocycles. The summed E-state index contributed by atoms with van der Waals surface area (Å²) in [5.74, 6) is 0. The molecule has 19 heavy (non-hydrogen) atoms. The van der Waals surface area contributed by atoms with E-state index < -0.39 is 0 Å². The van der Waals surface area contributed by atoms with Crippen molar-refractivity contribution in [3.05, 3.63) is 45.3 Å². The number of fused-ring (bicyclic) bond motifs is 1. The van der Waals surface area contributed by atoms with Crippen molar-refractivity contribution < 1.29 is 0 Å². The molecule has 2 aromatic rings. The Labute approximate surface area is 119 Å². The van der Waals surface area contributed by atoms with Crippen LogP contribution in [0.4, 0.5) is 0 Å². The highest BCUT2D eigenvalue weighted by Gasteiger charge is 2.42. The fourth-order valence-electron chi connectivity index (χ4n) is 2.47. The number of aromatic nitrogens is 1. The normalized spacial score (nSPS) is 16.2. The molecule has 0 amide bonds. The van der Waals surface area contributed by atoms with Gasteiger partial charge in [-0.05, 0) is 36.4 Å². The van der Waals surface area contributed by atoms with E-state index >= 15 is 0 Å². The lowest BCUT2D eigenvalue weighted by molar-refractivity contribution is 0.425. The van der Waals surface area contributed by atoms with Crippen molar-refractivity contribution in [1.29, 1.82) is 5.26 Å². The van der Waals surface area contributed by atoms with Gasteiger partial charge in [0.25, 0.3) is 5.56 Å². The van der Waals surface area contributed by atoms with Gasteiger partial charge < -0.3 is 4.57 Å². The third kappa shape index (κ3) is 2.31. The van der Waals surface area contributed by atoms with Crippen LogP contribution >= 0.6 is 15.9 Å². The van der Waals surface area contributed by atoms with Crippen molar-refractivity contribution in [3.8, 4) is 6.07 Å². The van der Waals surface area contributed by atoms with Crippen LogP contribution in [0.15, 0.2) is 39.7 Å². The molecule has 0 bridgehead atoms. The molecule has 4 heteroatoms. The third-order valence-corrected chi connectivity index (χ3v) is 4.35. The molecule has 1 fully saturated rings. The zero-order valence-electron chi connectivity index (χ0n) is 10.4. The van der Waals surface area contributed by atoms with Crippen LogP contribution in [0.25, 0.3) is 10.8 Å². The standard InChI is InChI=1S/C15H13BrN2O/c16-12-2-1-11-3-8-18(14(19)13(11)9-12)10-15(4-5-15)6-7-17/h1-3,8-9H,4-6,10H2. The second kappa shape index (κ2) is 4.50. The maximum Gasteiger partial charge on any atom is 0.258 e. The Bertz CT molecular complexity index is 738. The Hall–Kier alpha value is -1.60. The Balaban J connectivity index is 2.04. The minimum Gasteiger partial charge on any atom is -0.314 e. The van der Waals surface area contributed by atoms with E-state index in [1.54, 1.807) is 4.57 Å². The van der Waals surface area contributed by atoms with E-state index in [2.05, 4.69) is 22.0 Å². The molecule has 0 spiro atoms. The first-order valence-electron chi connectivity index (χ1n) is 6.29. The van der Waals surface area contributed by atoms with Crippen molar-refractivity contribution in [3.63, 3.8) is 0 Å². The average Bonchev–Trinajstić information content (AvgIpc) is 3.14. The number of benzene rings is 1. The zero-order chi connectivity index (χ0) is 13.5. The summed E-state index contributed by atoms with van der Waals surface area (Å²) in [4.78, 5) is 12.4. The molecule has 3 nitrogen and oxygen atoms in total. The number of pyridine rings is 1. The summed E-state index contributed by atoms with van der Waals surface area (Å²) < 4.78 is 2.66. The number of nitriles is 1. The molecule has 0 N–H and O–H groups in total. The minimum absolute atomic E-state index is 0.0306. The Morgan fingerprint density at radius 1 is 1.37 bits per heavy atom. The van der Waals surface area contributed by atoms with Gasteiger partial charge in [-0.1, -0.05) is 22.0 Å². The van der Waals surface area contributed by atoms with Crippen molar-refractivity contribution in [2.75, 3.05) is 0 Å². The zero-order valence-corrected chi connectivity index (χ0v) is 12.0. The third-order valence-electron chi connectivity index (χ3n) is 3.86. The van der Waals surface area contributed by atoms with Crippen LogP contribution in [0.5, 0.6) is 0 Å². The molecule has 1 saturated carbocycles. The maximum absolute atomic E-state index is 12.4. The topological polar surface area (TPSA) is 45.8 Å². The summed E-state index contributed by atoms with van der Waals surface area (Å²) in [5.41, 5.74) is 0.0705. The van der Waals surface area contributed by atoms with Gasteiger partial charge in [-0.2, -0.15) is 5.26 Å². The SMILES string of the molecule is N#CCC1(Cn2ccc3ccc(Br)cc3c2=O)CC1. The van der Waals surface area contributed by atoms with E-state index in [4.69, 9.17) is 5.26 Å². The summed E-state index contributed by atoms with van der Waals surface area (Å²) in [6.45, 7) is 0.655. The van der Waals surface area contributed by atoms with Crippen LogP contribution in [0.2, 0.25) is 0 Å². The lowest BCUT2D eigenvalue weighted by atomic mass is 10.0. The van der Waals surface area contributed by atoms with Gasteiger partial charge in [0.15, 0.2) is 0 Å². The molecule has 1 aliphatic rings. The molecule has 0 unspecified atom stereocenters. The molecule has 1 aliphatic carbocycles. The summed E-state index contributed by atoms with van der Waals surface area (Å²) in [6.07, 6.45) is 4.47. The lowest BCUT2D eigenvalue weighted by Gasteiger charge is -2.14. The second-order valence-electron chi connectivity index (χ2n) is 5.32. The minimum atomic E-state index is 0.0306. The monoisotopic (exact) mass is 316 g/mol. The second-order valence-corrected chi connectivity index (χ2v) is 6.23. The molecule has 3 rings (SSSR count). The van der Waals surface area contributed by atoms with E-state index in [0.717, 1.165) is 28.1 Å². The van der Waals surface area contributed by atoms with Gasteiger partial charge in [0.05, 0.1) is 6.07 Å². The molecular formula is C15H13BrN2O. The van der Waals surface area contributed by atoms with Crippen molar-refractivity contribution in [2.45, 2.75) is 25.8 Å². The smallest absolute Gasteiger partial charge is 0.258 e. The summed E-state index contributed by atoms with van der Waals surface area (Å²) in [7, 11) is 0. The van der Waals surface area contributed by atoms with Gasteiger partial charge in [0.1, 0.15) is 0 Å². The number of nitrogens with zero attached hydrogens (tertiary/aromatic N) is 2. The fraction of sp³-hybridized carbons (Fsp3) is 0.333. The summed E-state index contributed by atoms with van der Waals surface area (Å²) in [6, 6.07) is 9.93. The van der Waals surface area contributed by atoms with Crippen LogP contribution in [-0.4, -0.2) is 4.57 Å². The molecule has 1 aromatic heterocycles. The average molecular weight is 317 g/mol. The van der Waals surface area contributed by atoms with Gasteiger partial charge >= 0.3 is 0 Å². The van der Waals surface area contributed by atoms with Crippen LogP contribution in [0.3, 0.4) is 0 Å². The van der Waals surface area contributed by atoms with E-state index in [0.29, 0.717) is 13.0 Å². The predicted molar refractivity (Wildman–Crippen MR) is 77.8 cm³/mol. The summed E-state index contributed by atoms with van der Waals surface area (Å²) in [5, 5.41) is 10.5. The molecule has 0 atom stereocenters.